The summed E-state index contributed by atoms with van der Waals surface area (Å²) in [4.78, 5) is 2.09. The van der Waals surface area contributed by atoms with Gasteiger partial charge in [-0.05, 0) is 42.8 Å². The molecule has 0 unspecified atom stereocenters. The molecule has 0 saturated carbocycles. The van der Waals surface area contributed by atoms with E-state index in [0.29, 0.717) is 43.3 Å². The number of methoxy groups -OCH3 is 1. The van der Waals surface area contributed by atoms with Gasteiger partial charge in [-0.3, -0.25) is 4.72 Å². The van der Waals surface area contributed by atoms with Crippen molar-refractivity contribution in [3.05, 3.63) is 47.8 Å². The molecule has 1 aliphatic rings. The van der Waals surface area contributed by atoms with E-state index in [1.54, 1.807) is 25.1 Å². The van der Waals surface area contributed by atoms with E-state index in [1.165, 1.54) is 25.3 Å². The molecular formula is C18H21FN2O4S. The molecule has 1 aliphatic heterocycles. The van der Waals surface area contributed by atoms with Crippen LogP contribution < -0.4 is 14.4 Å². The van der Waals surface area contributed by atoms with E-state index in [2.05, 4.69) is 4.72 Å². The molecule has 1 N–H and O–H groups in total. The number of rotatable bonds is 5. The molecule has 0 amide bonds. The van der Waals surface area contributed by atoms with Gasteiger partial charge in [0.25, 0.3) is 10.0 Å². The monoisotopic (exact) mass is 380 g/mol. The van der Waals surface area contributed by atoms with Crippen LogP contribution in [0.4, 0.5) is 15.8 Å². The van der Waals surface area contributed by atoms with Crippen LogP contribution in [-0.2, 0) is 14.8 Å². The van der Waals surface area contributed by atoms with Gasteiger partial charge in [0.1, 0.15) is 11.6 Å². The molecule has 2 aromatic carbocycles. The van der Waals surface area contributed by atoms with Gasteiger partial charge in [0.2, 0.25) is 0 Å². The van der Waals surface area contributed by atoms with Crippen LogP contribution in [0.2, 0.25) is 0 Å². The Kier molecular flexibility index (Phi) is 5.33. The zero-order valence-electron chi connectivity index (χ0n) is 14.7. The Bertz CT molecular complexity index is 896. The number of hydrogen-bond acceptors (Lipinski definition) is 5. The molecule has 8 heteroatoms. The number of benzene rings is 2. The summed E-state index contributed by atoms with van der Waals surface area (Å²) in [5.74, 6) is 0.0624. The summed E-state index contributed by atoms with van der Waals surface area (Å²) < 4.78 is 52.4. The minimum Gasteiger partial charge on any atom is -0.497 e. The van der Waals surface area contributed by atoms with Crippen molar-refractivity contribution in [2.24, 2.45) is 0 Å². The SMILES string of the molecule is COc1ccc(S(=O)(=O)Nc2cc(F)ccc2N2CCOCC2)c(C)c1. The lowest BCUT2D eigenvalue weighted by atomic mass is 10.2. The van der Waals surface area contributed by atoms with Crippen LogP contribution in [0, 0.1) is 12.7 Å². The largest absolute Gasteiger partial charge is 0.497 e. The number of hydrogen-bond donors (Lipinski definition) is 1. The lowest BCUT2D eigenvalue weighted by Crippen LogP contribution is -2.36. The third-order valence-electron chi connectivity index (χ3n) is 4.23. The van der Waals surface area contributed by atoms with E-state index in [9.17, 15) is 12.8 Å². The van der Waals surface area contributed by atoms with E-state index in [4.69, 9.17) is 9.47 Å². The molecule has 0 radical (unpaired) electrons. The first-order chi connectivity index (χ1) is 12.4. The predicted molar refractivity (Wildman–Crippen MR) is 98.0 cm³/mol. The summed E-state index contributed by atoms with van der Waals surface area (Å²) >= 11 is 0. The van der Waals surface area contributed by atoms with Gasteiger partial charge in [-0.25, -0.2) is 12.8 Å². The zero-order chi connectivity index (χ0) is 18.7. The van der Waals surface area contributed by atoms with Crippen molar-refractivity contribution >= 4 is 21.4 Å². The molecule has 0 aromatic heterocycles. The number of nitrogens with one attached hydrogen (secondary N) is 1. The van der Waals surface area contributed by atoms with Crippen LogP contribution in [0.5, 0.6) is 5.75 Å². The Hall–Kier alpha value is -2.32. The number of morpholine rings is 1. The molecule has 0 aliphatic carbocycles. The highest BCUT2D eigenvalue weighted by molar-refractivity contribution is 7.92. The lowest BCUT2D eigenvalue weighted by molar-refractivity contribution is 0.123. The van der Waals surface area contributed by atoms with Crippen LogP contribution >= 0.6 is 0 Å². The van der Waals surface area contributed by atoms with Crippen molar-refractivity contribution in [2.45, 2.75) is 11.8 Å². The van der Waals surface area contributed by atoms with Gasteiger partial charge in [0.15, 0.2) is 0 Å². The van der Waals surface area contributed by atoms with E-state index in [-0.39, 0.29) is 10.6 Å². The van der Waals surface area contributed by atoms with Crippen LogP contribution in [0.25, 0.3) is 0 Å². The van der Waals surface area contributed by atoms with E-state index in [1.807, 2.05) is 4.90 Å². The smallest absolute Gasteiger partial charge is 0.262 e. The second kappa shape index (κ2) is 7.51. The van der Waals surface area contributed by atoms with Crippen molar-refractivity contribution in [3.8, 4) is 5.75 Å². The normalized spacial score (nSPS) is 15.0. The average molecular weight is 380 g/mol. The Morgan fingerprint density at radius 2 is 1.88 bits per heavy atom. The van der Waals surface area contributed by atoms with Crippen LogP contribution in [0.15, 0.2) is 41.3 Å². The topological polar surface area (TPSA) is 67.9 Å². The zero-order valence-corrected chi connectivity index (χ0v) is 15.5. The van der Waals surface area contributed by atoms with Crippen molar-refractivity contribution in [1.82, 2.24) is 0 Å². The predicted octanol–water partition coefficient (Wildman–Crippen LogP) is 2.78. The summed E-state index contributed by atoms with van der Waals surface area (Å²) in [5.41, 5.74) is 1.38. The number of anilines is 2. The highest BCUT2D eigenvalue weighted by Crippen LogP contribution is 2.31. The molecule has 1 saturated heterocycles. The van der Waals surface area contributed by atoms with E-state index >= 15 is 0 Å². The maximum Gasteiger partial charge on any atom is 0.262 e. The van der Waals surface area contributed by atoms with Gasteiger partial charge in [0.05, 0.1) is 36.6 Å². The first kappa shape index (κ1) is 18.5. The number of nitrogens with zero attached hydrogens (tertiary/aromatic N) is 1. The highest BCUT2D eigenvalue weighted by Gasteiger charge is 2.22. The Balaban J connectivity index is 1.95. The molecule has 1 heterocycles. The summed E-state index contributed by atoms with van der Waals surface area (Å²) in [5, 5.41) is 0. The number of sulfonamides is 1. The summed E-state index contributed by atoms with van der Waals surface area (Å²) in [6.45, 7) is 4.00. The Labute approximate surface area is 152 Å². The Morgan fingerprint density at radius 1 is 1.15 bits per heavy atom. The fourth-order valence-electron chi connectivity index (χ4n) is 2.92. The van der Waals surface area contributed by atoms with Gasteiger partial charge < -0.3 is 14.4 Å². The van der Waals surface area contributed by atoms with Gasteiger partial charge in [-0.2, -0.15) is 0 Å². The standard InChI is InChI=1S/C18H21FN2O4S/c1-13-11-15(24-2)4-6-18(13)26(22,23)20-16-12-14(19)3-5-17(16)21-7-9-25-10-8-21/h3-6,11-12,20H,7-10H2,1-2H3. The lowest BCUT2D eigenvalue weighted by Gasteiger charge is -2.30. The minimum absolute atomic E-state index is 0.121. The fraction of sp³-hybridized carbons (Fsp3) is 0.333. The van der Waals surface area contributed by atoms with E-state index in [0.717, 1.165) is 0 Å². The average Bonchev–Trinajstić information content (AvgIpc) is 2.62. The third-order valence-corrected chi connectivity index (χ3v) is 5.75. The first-order valence-corrected chi connectivity index (χ1v) is 9.69. The van der Waals surface area contributed by atoms with Gasteiger partial charge in [-0.1, -0.05) is 0 Å². The van der Waals surface area contributed by atoms with Gasteiger partial charge >= 0.3 is 0 Å². The molecule has 1 fully saturated rings. The fourth-order valence-corrected chi connectivity index (χ4v) is 4.21. The van der Waals surface area contributed by atoms with Crippen molar-refractivity contribution in [1.29, 1.82) is 0 Å². The van der Waals surface area contributed by atoms with Crippen LogP contribution in [0.3, 0.4) is 0 Å². The second-order valence-corrected chi connectivity index (χ2v) is 7.65. The number of ether oxygens (including phenoxy) is 2. The molecule has 6 nitrogen and oxygen atoms in total. The molecule has 3 rings (SSSR count). The van der Waals surface area contributed by atoms with Crippen LogP contribution in [-0.4, -0.2) is 41.8 Å². The van der Waals surface area contributed by atoms with Crippen LogP contribution in [0.1, 0.15) is 5.56 Å². The van der Waals surface area contributed by atoms with Crippen molar-refractivity contribution in [2.75, 3.05) is 43.0 Å². The van der Waals surface area contributed by atoms with Gasteiger partial charge in [-0.15, -0.1) is 0 Å². The second-order valence-electron chi connectivity index (χ2n) is 6.00. The molecule has 2 aromatic rings. The van der Waals surface area contributed by atoms with Crippen molar-refractivity contribution in [3.63, 3.8) is 0 Å². The van der Waals surface area contributed by atoms with Crippen molar-refractivity contribution < 1.29 is 22.3 Å². The molecular weight excluding hydrogens is 359 g/mol. The Morgan fingerprint density at radius 3 is 2.54 bits per heavy atom. The van der Waals surface area contributed by atoms with Gasteiger partial charge in [0, 0.05) is 19.2 Å². The molecule has 0 atom stereocenters. The highest BCUT2D eigenvalue weighted by atomic mass is 32.2. The summed E-state index contributed by atoms with van der Waals surface area (Å²) in [6.07, 6.45) is 0. The maximum atomic E-state index is 13.8. The maximum absolute atomic E-state index is 13.8. The molecule has 0 bridgehead atoms. The molecule has 0 spiro atoms. The first-order valence-electron chi connectivity index (χ1n) is 8.20. The molecule has 140 valence electrons. The third kappa shape index (κ3) is 3.91. The summed E-state index contributed by atoms with van der Waals surface area (Å²) in [7, 11) is -2.36. The number of aryl methyl sites for hydroxylation is 1. The number of halogens is 1. The minimum atomic E-state index is -3.88. The summed E-state index contributed by atoms with van der Waals surface area (Å²) in [6, 6.07) is 8.80. The quantitative estimate of drug-likeness (QED) is 0.864. The molecule has 26 heavy (non-hydrogen) atoms. The van der Waals surface area contributed by atoms with E-state index < -0.39 is 15.8 Å².